The van der Waals surface area contributed by atoms with E-state index in [9.17, 15) is 19.7 Å². The van der Waals surface area contributed by atoms with E-state index >= 15 is 0 Å². The van der Waals surface area contributed by atoms with Gasteiger partial charge >= 0.3 is 5.97 Å². The van der Waals surface area contributed by atoms with Crippen LogP contribution in [0.15, 0.2) is 24.3 Å². The van der Waals surface area contributed by atoms with E-state index in [0.717, 1.165) is 0 Å². The molecule has 0 aliphatic carbocycles. The van der Waals surface area contributed by atoms with Crippen molar-refractivity contribution in [2.45, 2.75) is 18.4 Å². The maximum atomic E-state index is 11.6. The van der Waals surface area contributed by atoms with Crippen molar-refractivity contribution in [3.63, 3.8) is 0 Å². The van der Waals surface area contributed by atoms with Gasteiger partial charge in [0, 0.05) is 17.7 Å². The lowest BCUT2D eigenvalue weighted by Crippen LogP contribution is -2.27. The SMILES string of the molecule is CCOC(=O)[C@H](Cl)[C@H](OC=O)c1cccc([N+](=O)[O-])c1. The van der Waals surface area contributed by atoms with Crippen molar-refractivity contribution < 1.29 is 24.0 Å². The first kappa shape index (κ1) is 15.9. The van der Waals surface area contributed by atoms with Gasteiger partial charge in [0.05, 0.1) is 11.5 Å². The number of hydrogen-bond donors (Lipinski definition) is 0. The summed E-state index contributed by atoms with van der Waals surface area (Å²) >= 11 is 5.89. The number of ether oxygens (including phenoxy) is 2. The molecule has 1 rings (SSSR count). The summed E-state index contributed by atoms with van der Waals surface area (Å²) in [7, 11) is 0. The molecular weight excluding hydrogens is 290 g/mol. The normalized spacial score (nSPS) is 13.1. The zero-order chi connectivity index (χ0) is 15.1. The van der Waals surface area contributed by atoms with Crippen LogP contribution >= 0.6 is 11.6 Å². The molecule has 0 aliphatic rings. The van der Waals surface area contributed by atoms with Crippen LogP contribution in [-0.2, 0) is 19.1 Å². The van der Waals surface area contributed by atoms with E-state index in [1.54, 1.807) is 6.92 Å². The Morgan fingerprint density at radius 2 is 2.25 bits per heavy atom. The zero-order valence-electron chi connectivity index (χ0n) is 10.5. The molecule has 0 fully saturated rings. The molecule has 8 heteroatoms. The average Bonchev–Trinajstić information content (AvgIpc) is 2.44. The van der Waals surface area contributed by atoms with Crippen LogP contribution in [0.4, 0.5) is 5.69 Å². The summed E-state index contributed by atoms with van der Waals surface area (Å²) in [4.78, 5) is 32.2. The molecule has 0 aliphatic heterocycles. The Balaban J connectivity index is 3.06. The molecule has 0 saturated heterocycles. The average molecular weight is 302 g/mol. The number of nitro groups is 1. The van der Waals surface area contributed by atoms with Gasteiger partial charge in [-0.1, -0.05) is 12.1 Å². The Kier molecular flexibility index (Phi) is 5.92. The van der Waals surface area contributed by atoms with E-state index in [2.05, 4.69) is 0 Å². The van der Waals surface area contributed by atoms with Crippen LogP contribution in [-0.4, -0.2) is 29.3 Å². The van der Waals surface area contributed by atoms with Crippen LogP contribution in [0.2, 0.25) is 0 Å². The van der Waals surface area contributed by atoms with Crippen molar-refractivity contribution in [3.8, 4) is 0 Å². The number of rotatable bonds is 7. The predicted octanol–water partition coefficient (Wildman–Crippen LogP) is 1.98. The highest BCUT2D eigenvalue weighted by atomic mass is 35.5. The molecule has 1 aromatic rings. The molecule has 0 radical (unpaired) electrons. The molecule has 0 amide bonds. The molecule has 0 saturated carbocycles. The third kappa shape index (κ3) is 3.92. The fraction of sp³-hybridized carbons (Fsp3) is 0.333. The topological polar surface area (TPSA) is 95.7 Å². The Bertz CT molecular complexity index is 506. The van der Waals surface area contributed by atoms with Gasteiger partial charge in [-0.15, -0.1) is 11.6 Å². The van der Waals surface area contributed by atoms with Gasteiger partial charge in [-0.2, -0.15) is 0 Å². The number of esters is 1. The molecule has 7 nitrogen and oxygen atoms in total. The fourth-order valence-electron chi connectivity index (χ4n) is 1.54. The van der Waals surface area contributed by atoms with E-state index < -0.39 is 22.4 Å². The summed E-state index contributed by atoms with van der Waals surface area (Å²) in [6.45, 7) is 1.84. The van der Waals surface area contributed by atoms with Crippen LogP contribution in [0.1, 0.15) is 18.6 Å². The molecule has 0 aromatic heterocycles. The van der Waals surface area contributed by atoms with E-state index in [1.807, 2.05) is 0 Å². The first-order valence-electron chi connectivity index (χ1n) is 5.65. The first-order chi connectivity index (χ1) is 9.51. The summed E-state index contributed by atoms with van der Waals surface area (Å²) in [6, 6.07) is 5.33. The molecule has 0 spiro atoms. The second kappa shape index (κ2) is 7.44. The lowest BCUT2D eigenvalue weighted by atomic mass is 10.1. The van der Waals surface area contributed by atoms with Gasteiger partial charge in [-0.3, -0.25) is 19.7 Å². The van der Waals surface area contributed by atoms with Crippen molar-refractivity contribution in [2.24, 2.45) is 0 Å². The van der Waals surface area contributed by atoms with Crippen LogP contribution < -0.4 is 0 Å². The highest BCUT2D eigenvalue weighted by Crippen LogP contribution is 2.28. The third-order valence-electron chi connectivity index (χ3n) is 2.39. The smallest absolute Gasteiger partial charge is 0.328 e. The van der Waals surface area contributed by atoms with Crippen LogP contribution in [0, 0.1) is 10.1 Å². The quantitative estimate of drug-likeness (QED) is 0.251. The molecular formula is C12H12ClNO6. The molecule has 2 atom stereocenters. The number of nitrogens with zero attached hydrogens (tertiary/aromatic N) is 1. The molecule has 108 valence electrons. The molecule has 0 bridgehead atoms. The van der Waals surface area contributed by atoms with E-state index in [4.69, 9.17) is 21.1 Å². The minimum Gasteiger partial charge on any atom is -0.465 e. The monoisotopic (exact) mass is 301 g/mol. The maximum absolute atomic E-state index is 11.6. The Morgan fingerprint density at radius 1 is 1.55 bits per heavy atom. The second-order valence-corrected chi connectivity index (χ2v) is 4.13. The van der Waals surface area contributed by atoms with Gasteiger partial charge in [-0.25, -0.2) is 0 Å². The highest BCUT2D eigenvalue weighted by molar-refractivity contribution is 6.30. The summed E-state index contributed by atoms with van der Waals surface area (Å²) in [5.41, 5.74) is 0.0362. The first-order valence-corrected chi connectivity index (χ1v) is 6.09. The number of halogens is 1. The number of carbonyl (C=O) groups is 2. The summed E-state index contributed by atoms with van der Waals surface area (Å²) in [5.74, 6) is -0.771. The van der Waals surface area contributed by atoms with Crippen molar-refractivity contribution in [1.29, 1.82) is 0 Å². The molecule has 0 heterocycles. The minimum atomic E-state index is -1.29. The van der Waals surface area contributed by atoms with Gasteiger partial charge in [-0.05, 0) is 6.92 Å². The van der Waals surface area contributed by atoms with E-state index in [-0.39, 0.29) is 24.3 Å². The maximum Gasteiger partial charge on any atom is 0.328 e. The Hall–Kier alpha value is -2.15. The molecule has 1 aromatic carbocycles. The molecule has 20 heavy (non-hydrogen) atoms. The lowest BCUT2D eigenvalue weighted by molar-refractivity contribution is -0.385. The van der Waals surface area contributed by atoms with Crippen LogP contribution in [0.3, 0.4) is 0 Å². The van der Waals surface area contributed by atoms with E-state index in [1.165, 1.54) is 24.3 Å². The summed E-state index contributed by atoms with van der Waals surface area (Å²) in [5, 5.41) is 9.42. The standard InChI is InChI=1S/C12H12ClNO6/c1-2-19-12(16)10(13)11(20-7-15)8-4-3-5-9(6-8)14(17)18/h3-7,10-11H,2H2,1H3/t10-,11-/m1/s1. The van der Waals surface area contributed by atoms with Crippen LogP contribution in [0.5, 0.6) is 0 Å². The Labute approximate surface area is 119 Å². The van der Waals surface area contributed by atoms with Crippen molar-refractivity contribution >= 4 is 29.7 Å². The third-order valence-corrected chi connectivity index (χ3v) is 2.80. The highest BCUT2D eigenvalue weighted by Gasteiger charge is 2.31. The number of carbonyl (C=O) groups excluding carboxylic acids is 2. The van der Waals surface area contributed by atoms with Gasteiger partial charge in [0.2, 0.25) is 0 Å². The summed E-state index contributed by atoms with van der Waals surface area (Å²) in [6.07, 6.45) is -1.16. The number of hydrogen-bond acceptors (Lipinski definition) is 6. The van der Waals surface area contributed by atoms with Crippen LogP contribution in [0.25, 0.3) is 0 Å². The number of non-ortho nitro benzene ring substituents is 1. The minimum absolute atomic E-state index is 0.116. The Morgan fingerprint density at radius 3 is 2.80 bits per heavy atom. The largest absolute Gasteiger partial charge is 0.465 e. The zero-order valence-corrected chi connectivity index (χ0v) is 11.3. The second-order valence-electron chi connectivity index (χ2n) is 3.66. The predicted molar refractivity (Wildman–Crippen MR) is 69.3 cm³/mol. The molecule has 0 N–H and O–H groups in total. The molecule has 0 unspecified atom stereocenters. The number of nitro benzene ring substituents is 1. The lowest BCUT2D eigenvalue weighted by Gasteiger charge is -2.19. The van der Waals surface area contributed by atoms with Gasteiger partial charge in [0.1, 0.15) is 0 Å². The van der Waals surface area contributed by atoms with Gasteiger partial charge < -0.3 is 9.47 Å². The number of alkyl halides is 1. The van der Waals surface area contributed by atoms with Crippen molar-refractivity contribution in [1.82, 2.24) is 0 Å². The fourth-order valence-corrected chi connectivity index (χ4v) is 1.81. The number of benzene rings is 1. The van der Waals surface area contributed by atoms with Gasteiger partial charge in [0.15, 0.2) is 11.5 Å². The van der Waals surface area contributed by atoms with Gasteiger partial charge in [0.25, 0.3) is 12.2 Å². The summed E-state index contributed by atoms with van der Waals surface area (Å²) < 4.78 is 9.49. The van der Waals surface area contributed by atoms with Crippen molar-refractivity contribution in [3.05, 3.63) is 39.9 Å². The van der Waals surface area contributed by atoms with E-state index in [0.29, 0.717) is 0 Å². The van der Waals surface area contributed by atoms with Crippen molar-refractivity contribution in [2.75, 3.05) is 6.61 Å².